The van der Waals surface area contributed by atoms with Gasteiger partial charge in [-0.2, -0.15) is 0 Å². The Kier molecular flexibility index (Phi) is 39.5. The van der Waals surface area contributed by atoms with Gasteiger partial charge in [-0.25, -0.2) is 4.57 Å². The fourth-order valence-electron chi connectivity index (χ4n) is 4.85. The number of hydrogen-bond acceptors (Lipinski definition) is 10. The first-order valence-electron chi connectivity index (χ1n) is 21.6. The van der Waals surface area contributed by atoms with Crippen molar-refractivity contribution in [3.05, 3.63) is 122 Å². The minimum atomic E-state index is -4.67. The van der Waals surface area contributed by atoms with Gasteiger partial charge in [-0.05, 0) is 83.5 Å². The molecular weight excluding hydrogens is 783 g/mol. The number of phosphoric acid groups is 1. The molecule has 12 heteroatoms. The molecule has 0 bridgehead atoms. The first kappa shape index (κ1) is 56.3. The first-order valence-corrected chi connectivity index (χ1v) is 23.1. The Morgan fingerprint density at radius 1 is 0.567 bits per heavy atom. The first-order chi connectivity index (χ1) is 29.1. The molecule has 0 aliphatic carbocycles. The van der Waals surface area contributed by atoms with Crippen LogP contribution in [0.3, 0.4) is 0 Å². The van der Waals surface area contributed by atoms with Gasteiger partial charge < -0.3 is 29.7 Å². The third kappa shape index (κ3) is 41.1. The lowest BCUT2D eigenvalue weighted by atomic mass is 10.1. The molecule has 0 saturated heterocycles. The van der Waals surface area contributed by atoms with Crippen LogP contribution >= 0.6 is 7.82 Å². The molecule has 0 spiro atoms. The molecule has 0 amide bonds. The summed E-state index contributed by atoms with van der Waals surface area (Å²) in [6.45, 7) is 1.91. The maximum absolute atomic E-state index is 12.6. The van der Waals surface area contributed by atoms with Gasteiger partial charge in [0.05, 0.1) is 25.9 Å². The van der Waals surface area contributed by atoms with E-state index >= 15 is 0 Å². The quantitative estimate of drug-likeness (QED) is 0.0202. The van der Waals surface area contributed by atoms with Crippen LogP contribution in [0.2, 0.25) is 0 Å². The molecule has 0 aliphatic rings. The lowest BCUT2D eigenvalue weighted by molar-refractivity contribution is -0.161. The van der Waals surface area contributed by atoms with E-state index in [4.69, 9.17) is 19.1 Å². The van der Waals surface area contributed by atoms with Gasteiger partial charge in [0, 0.05) is 12.8 Å². The molecule has 60 heavy (non-hydrogen) atoms. The second-order valence-electron chi connectivity index (χ2n) is 13.8. The largest absolute Gasteiger partial charge is 0.472 e. The van der Waals surface area contributed by atoms with Crippen LogP contribution in [-0.2, 0) is 32.7 Å². The summed E-state index contributed by atoms with van der Waals surface area (Å²) in [5.74, 6) is -1.13. The number of ether oxygens (including phenoxy) is 2. The van der Waals surface area contributed by atoms with E-state index in [9.17, 15) is 29.3 Å². The molecule has 4 N–H and O–H groups in total. The third-order valence-electron chi connectivity index (χ3n) is 8.18. The summed E-state index contributed by atoms with van der Waals surface area (Å²) in [4.78, 5) is 34.9. The van der Waals surface area contributed by atoms with Crippen LogP contribution in [0.4, 0.5) is 0 Å². The summed E-state index contributed by atoms with van der Waals surface area (Å²) in [5, 5.41) is 28.1. The number of carbonyl (C=O) groups excluding carboxylic acids is 2. The maximum atomic E-state index is 12.6. The monoisotopic (exact) mass is 859 g/mol. The Bertz CT molecular complexity index is 1420. The van der Waals surface area contributed by atoms with E-state index in [1.807, 2.05) is 36.5 Å². The number of hydrogen-bond donors (Lipinski definition) is 4. The van der Waals surface area contributed by atoms with E-state index in [-0.39, 0.29) is 18.9 Å². The lowest BCUT2D eigenvalue weighted by Gasteiger charge is -2.20. The second kappa shape index (κ2) is 42.0. The predicted molar refractivity (Wildman–Crippen MR) is 243 cm³/mol. The number of unbranched alkanes of at least 4 members (excludes halogenated alkanes) is 2. The summed E-state index contributed by atoms with van der Waals surface area (Å²) in [6, 6.07) is 0. The molecule has 0 aromatic rings. The summed E-state index contributed by atoms with van der Waals surface area (Å²) < 4.78 is 32.5. The zero-order valence-electron chi connectivity index (χ0n) is 36.2. The van der Waals surface area contributed by atoms with Crippen LogP contribution in [-0.4, -0.2) is 76.9 Å². The van der Waals surface area contributed by atoms with Gasteiger partial charge in [-0.3, -0.25) is 18.6 Å². The van der Waals surface area contributed by atoms with Crippen molar-refractivity contribution >= 4 is 19.8 Å². The third-order valence-corrected chi connectivity index (χ3v) is 9.13. The van der Waals surface area contributed by atoms with Gasteiger partial charge >= 0.3 is 19.8 Å². The van der Waals surface area contributed by atoms with Crippen LogP contribution in [0.5, 0.6) is 0 Å². The Balaban J connectivity index is 4.57. The highest BCUT2D eigenvalue weighted by atomic mass is 31.2. The number of aliphatic hydroxyl groups excluding tert-OH is 3. The highest BCUT2D eigenvalue weighted by Crippen LogP contribution is 2.43. The number of carbonyl (C=O) groups is 2. The number of allylic oxidation sites excluding steroid dienone is 19. The van der Waals surface area contributed by atoms with E-state index < -0.39 is 58.4 Å². The second-order valence-corrected chi connectivity index (χ2v) is 15.3. The maximum Gasteiger partial charge on any atom is 0.472 e. The smallest absolute Gasteiger partial charge is 0.462 e. The highest BCUT2D eigenvalue weighted by Gasteiger charge is 2.27. The number of esters is 2. The van der Waals surface area contributed by atoms with E-state index in [1.165, 1.54) is 0 Å². The van der Waals surface area contributed by atoms with Crippen molar-refractivity contribution in [2.45, 2.75) is 141 Å². The zero-order chi connectivity index (χ0) is 44.2. The fraction of sp³-hybridized carbons (Fsp3) is 0.542. The van der Waals surface area contributed by atoms with Crippen LogP contribution in [0.1, 0.15) is 123 Å². The molecule has 0 radical (unpaired) electrons. The Morgan fingerprint density at radius 3 is 1.53 bits per heavy atom. The molecule has 0 aromatic carbocycles. The van der Waals surface area contributed by atoms with Crippen molar-refractivity contribution in [2.75, 3.05) is 26.4 Å². The predicted octanol–water partition coefficient (Wildman–Crippen LogP) is 10.5. The van der Waals surface area contributed by atoms with Gasteiger partial charge in [0.2, 0.25) is 0 Å². The Hall–Kier alpha value is -3.67. The fourth-order valence-corrected chi connectivity index (χ4v) is 5.64. The molecule has 0 fully saturated rings. The van der Waals surface area contributed by atoms with Gasteiger partial charge in [0.1, 0.15) is 12.7 Å². The van der Waals surface area contributed by atoms with Crippen LogP contribution < -0.4 is 0 Å². The minimum absolute atomic E-state index is 0.0676. The summed E-state index contributed by atoms with van der Waals surface area (Å²) in [7, 11) is -4.67. The molecule has 11 nitrogen and oxygen atoms in total. The van der Waals surface area contributed by atoms with E-state index in [0.29, 0.717) is 19.3 Å². The molecule has 0 aromatic heterocycles. The van der Waals surface area contributed by atoms with Crippen LogP contribution in [0, 0.1) is 0 Å². The molecule has 0 rings (SSSR count). The van der Waals surface area contributed by atoms with Crippen molar-refractivity contribution < 1.29 is 52.9 Å². The molecule has 0 saturated carbocycles. The standard InChI is InChI=1S/C48H75O11P/c1-3-5-7-8-9-10-11-12-13-14-15-16-17-18-22-25-28-31-34-38-47(52)56-42-46(43-58-60(54,55)57-41-45(51)40-49)59-48(53)39-35-32-29-26-23-20-19-21-24-27-30-33-37-44(50)36-6-4-2/h5,7,9-10,12-13,15-16,18-20,22,24,26-29,31,33,37,44-46,49-51H,3-4,6,8,11,14,17,21,23,25,30,32,34-36,38-43H2,1-2H3,(H,54,55)/b7-5-,10-9-,13-12-,16-15-,20-19-,22-18-,27-24-,29-26-,31-28-,37-33-/t44-,45+,46-/m1/s1. The number of aliphatic hydroxyl groups is 3. The molecule has 0 aliphatic heterocycles. The number of phosphoric ester groups is 1. The minimum Gasteiger partial charge on any atom is -0.462 e. The zero-order valence-corrected chi connectivity index (χ0v) is 37.1. The van der Waals surface area contributed by atoms with Crippen LogP contribution in [0.15, 0.2) is 122 Å². The molecule has 0 heterocycles. The number of rotatable bonds is 38. The van der Waals surface area contributed by atoms with Crippen molar-refractivity contribution in [1.82, 2.24) is 0 Å². The average molecular weight is 859 g/mol. The summed E-state index contributed by atoms with van der Waals surface area (Å²) >= 11 is 0. The van der Waals surface area contributed by atoms with E-state index in [1.54, 1.807) is 0 Å². The topological polar surface area (TPSA) is 169 Å². The molecule has 338 valence electrons. The summed E-state index contributed by atoms with van der Waals surface area (Å²) in [6.07, 6.45) is 50.9. The van der Waals surface area contributed by atoms with Crippen LogP contribution in [0.25, 0.3) is 0 Å². The van der Waals surface area contributed by atoms with Crippen molar-refractivity contribution in [3.63, 3.8) is 0 Å². The van der Waals surface area contributed by atoms with Gasteiger partial charge in [-0.1, -0.05) is 148 Å². The lowest BCUT2D eigenvalue weighted by Crippen LogP contribution is -2.29. The van der Waals surface area contributed by atoms with Crippen molar-refractivity contribution in [3.8, 4) is 0 Å². The summed E-state index contributed by atoms with van der Waals surface area (Å²) in [5.41, 5.74) is 0. The molecule has 4 atom stereocenters. The normalized spacial score (nSPS) is 15.5. The Labute approximate surface area is 360 Å². The van der Waals surface area contributed by atoms with Crippen molar-refractivity contribution in [2.24, 2.45) is 0 Å². The van der Waals surface area contributed by atoms with Gasteiger partial charge in [0.15, 0.2) is 6.10 Å². The Morgan fingerprint density at radius 2 is 1.03 bits per heavy atom. The van der Waals surface area contributed by atoms with E-state index in [0.717, 1.165) is 77.0 Å². The van der Waals surface area contributed by atoms with E-state index in [2.05, 4.69) is 103 Å². The molecular formula is C48H75O11P. The molecule has 1 unspecified atom stereocenters. The van der Waals surface area contributed by atoms with Crippen molar-refractivity contribution in [1.29, 1.82) is 0 Å². The van der Waals surface area contributed by atoms with Gasteiger partial charge in [-0.15, -0.1) is 0 Å². The SMILES string of the molecule is CC/C=C\C/C=C\C/C=C\C/C=C\C/C=C\C/C=C\CCC(=O)OC[C@H](COP(=O)(O)OC[C@@H](O)CO)OC(=O)CCC/C=C\C/C=C\C/C=C\C/C=C\[C@H](O)CCCC. The van der Waals surface area contributed by atoms with Gasteiger partial charge in [0.25, 0.3) is 0 Å². The average Bonchev–Trinajstić information content (AvgIpc) is 3.23. The highest BCUT2D eigenvalue weighted by molar-refractivity contribution is 7.47.